The van der Waals surface area contributed by atoms with Crippen LogP contribution in [0.3, 0.4) is 0 Å². The molecule has 1 fully saturated rings. The number of aliphatic carboxylic acids is 1. The van der Waals surface area contributed by atoms with Gasteiger partial charge in [-0.2, -0.15) is 0 Å². The molecule has 108 valence electrons. The van der Waals surface area contributed by atoms with E-state index in [4.69, 9.17) is 5.11 Å². The summed E-state index contributed by atoms with van der Waals surface area (Å²) in [5, 5.41) is 11.7. The van der Waals surface area contributed by atoms with Gasteiger partial charge in [-0.1, -0.05) is 6.42 Å². The van der Waals surface area contributed by atoms with Gasteiger partial charge in [0.15, 0.2) is 0 Å². The van der Waals surface area contributed by atoms with Crippen LogP contribution in [0.5, 0.6) is 0 Å². The fourth-order valence-corrected chi connectivity index (χ4v) is 2.57. The molecule has 1 aromatic carbocycles. The van der Waals surface area contributed by atoms with Gasteiger partial charge in [-0.25, -0.2) is 4.39 Å². The van der Waals surface area contributed by atoms with E-state index in [0.717, 1.165) is 19.3 Å². The van der Waals surface area contributed by atoms with Crippen molar-refractivity contribution in [2.24, 2.45) is 5.41 Å². The maximum atomic E-state index is 13.1. The quantitative estimate of drug-likeness (QED) is 0.870. The summed E-state index contributed by atoms with van der Waals surface area (Å²) in [5.74, 6) is -1.47. The van der Waals surface area contributed by atoms with Crippen molar-refractivity contribution in [2.45, 2.75) is 32.6 Å². The molecule has 0 aliphatic heterocycles. The highest BCUT2D eigenvalue weighted by molar-refractivity contribution is 5.94. The van der Waals surface area contributed by atoms with E-state index in [2.05, 4.69) is 5.32 Å². The second-order valence-electron chi connectivity index (χ2n) is 5.57. The number of amides is 1. The minimum atomic E-state index is -0.837. The zero-order valence-corrected chi connectivity index (χ0v) is 11.4. The lowest BCUT2D eigenvalue weighted by molar-refractivity contribution is -0.141. The largest absolute Gasteiger partial charge is 0.481 e. The van der Waals surface area contributed by atoms with Crippen LogP contribution in [0.2, 0.25) is 0 Å². The summed E-state index contributed by atoms with van der Waals surface area (Å²) in [5.41, 5.74) is 0.506. The number of hydrogen-bond acceptors (Lipinski definition) is 2. The molecule has 4 nitrogen and oxygen atoms in total. The predicted molar refractivity (Wildman–Crippen MR) is 72.0 cm³/mol. The van der Waals surface area contributed by atoms with Crippen LogP contribution < -0.4 is 5.32 Å². The molecule has 2 rings (SSSR count). The first-order valence-electron chi connectivity index (χ1n) is 6.68. The average Bonchev–Trinajstić information content (AvgIpc) is 2.35. The van der Waals surface area contributed by atoms with Crippen LogP contribution in [0.4, 0.5) is 4.39 Å². The van der Waals surface area contributed by atoms with E-state index in [1.54, 1.807) is 6.92 Å². The van der Waals surface area contributed by atoms with Gasteiger partial charge >= 0.3 is 5.97 Å². The lowest BCUT2D eigenvalue weighted by atomic mass is 9.66. The first kappa shape index (κ1) is 14.5. The number of rotatable bonds is 5. The first-order valence-corrected chi connectivity index (χ1v) is 6.68. The van der Waals surface area contributed by atoms with Crippen molar-refractivity contribution in [1.82, 2.24) is 5.32 Å². The van der Waals surface area contributed by atoms with Gasteiger partial charge in [0, 0.05) is 12.1 Å². The zero-order valence-electron chi connectivity index (χ0n) is 11.4. The fourth-order valence-electron chi connectivity index (χ4n) is 2.57. The van der Waals surface area contributed by atoms with Crippen molar-refractivity contribution in [1.29, 1.82) is 0 Å². The molecule has 0 heterocycles. The monoisotopic (exact) mass is 279 g/mol. The number of carboxylic acid groups (broad SMARTS) is 1. The highest BCUT2D eigenvalue weighted by Gasteiger charge is 2.39. The highest BCUT2D eigenvalue weighted by atomic mass is 19.1. The fraction of sp³-hybridized carbons (Fsp3) is 0.467. The number of hydrogen-bond donors (Lipinski definition) is 2. The van der Waals surface area contributed by atoms with Crippen molar-refractivity contribution < 1.29 is 19.1 Å². The maximum Gasteiger partial charge on any atom is 0.303 e. The minimum absolute atomic E-state index is 0.0791. The Kier molecular flexibility index (Phi) is 4.06. The molecule has 1 aromatic rings. The van der Waals surface area contributed by atoms with Gasteiger partial charge < -0.3 is 10.4 Å². The summed E-state index contributed by atoms with van der Waals surface area (Å²) in [6.07, 6.45) is 2.72. The third-order valence-electron chi connectivity index (χ3n) is 3.98. The average molecular weight is 279 g/mol. The van der Waals surface area contributed by atoms with E-state index in [1.165, 1.54) is 18.2 Å². The van der Waals surface area contributed by atoms with Crippen molar-refractivity contribution in [3.05, 3.63) is 35.1 Å². The molecule has 5 heteroatoms. The molecular weight excluding hydrogens is 261 g/mol. The number of carbonyl (C=O) groups excluding carboxylic acids is 1. The van der Waals surface area contributed by atoms with Crippen LogP contribution in [-0.4, -0.2) is 23.5 Å². The van der Waals surface area contributed by atoms with Gasteiger partial charge in [-0.15, -0.1) is 0 Å². The van der Waals surface area contributed by atoms with Crippen LogP contribution in [0, 0.1) is 18.2 Å². The van der Waals surface area contributed by atoms with Crippen molar-refractivity contribution in [2.75, 3.05) is 6.54 Å². The van der Waals surface area contributed by atoms with Gasteiger partial charge in [-0.3, -0.25) is 9.59 Å². The molecule has 2 N–H and O–H groups in total. The number of benzene rings is 1. The maximum absolute atomic E-state index is 13.1. The molecule has 0 unspecified atom stereocenters. The van der Waals surface area contributed by atoms with E-state index >= 15 is 0 Å². The van der Waals surface area contributed by atoms with Gasteiger partial charge in [0.1, 0.15) is 5.82 Å². The van der Waals surface area contributed by atoms with Crippen LogP contribution >= 0.6 is 0 Å². The number of aryl methyl sites for hydroxylation is 1. The topological polar surface area (TPSA) is 66.4 Å². The molecule has 0 spiro atoms. The van der Waals surface area contributed by atoms with Crippen LogP contribution in [0.25, 0.3) is 0 Å². The van der Waals surface area contributed by atoms with Crippen LogP contribution in [0.15, 0.2) is 18.2 Å². The normalized spacial score (nSPS) is 16.3. The number of carboxylic acids is 1. The number of halogens is 1. The van der Waals surface area contributed by atoms with E-state index in [1.807, 2.05) is 0 Å². The Hall–Kier alpha value is -1.91. The number of carbonyl (C=O) groups is 2. The lowest BCUT2D eigenvalue weighted by Gasteiger charge is -2.40. The Morgan fingerprint density at radius 3 is 2.60 bits per heavy atom. The molecule has 1 amide bonds. The molecule has 1 aliphatic rings. The summed E-state index contributed by atoms with van der Waals surface area (Å²) < 4.78 is 13.1. The predicted octanol–water partition coefficient (Wildman–Crippen LogP) is 2.51. The van der Waals surface area contributed by atoms with Gasteiger partial charge in [0.2, 0.25) is 0 Å². The molecule has 0 aromatic heterocycles. The summed E-state index contributed by atoms with van der Waals surface area (Å²) in [4.78, 5) is 22.8. The Bertz CT molecular complexity index is 538. The van der Waals surface area contributed by atoms with Crippen molar-refractivity contribution >= 4 is 11.9 Å². The smallest absolute Gasteiger partial charge is 0.303 e. The Balaban J connectivity index is 1.97. The second kappa shape index (κ2) is 5.61. The molecule has 0 saturated heterocycles. The number of nitrogens with one attached hydrogen (secondary N) is 1. The summed E-state index contributed by atoms with van der Waals surface area (Å²) in [6.45, 7) is 1.96. The summed E-state index contributed by atoms with van der Waals surface area (Å²) in [6, 6.07) is 4.19. The van der Waals surface area contributed by atoms with Gasteiger partial charge in [-0.05, 0) is 48.9 Å². The van der Waals surface area contributed by atoms with E-state index in [-0.39, 0.29) is 23.6 Å². The SMILES string of the molecule is Cc1cc(C(=O)NCC2(CC(=O)O)CCC2)ccc1F. The van der Waals surface area contributed by atoms with Crippen molar-refractivity contribution in [3.63, 3.8) is 0 Å². The Morgan fingerprint density at radius 2 is 2.10 bits per heavy atom. The Morgan fingerprint density at radius 1 is 1.40 bits per heavy atom. The van der Waals surface area contributed by atoms with Gasteiger partial charge in [0.25, 0.3) is 5.91 Å². The lowest BCUT2D eigenvalue weighted by Crippen LogP contribution is -2.43. The molecule has 0 radical (unpaired) electrons. The Labute approximate surface area is 117 Å². The van der Waals surface area contributed by atoms with E-state index < -0.39 is 5.97 Å². The molecule has 0 atom stereocenters. The van der Waals surface area contributed by atoms with Gasteiger partial charge in [0.05, 0.1) is 6.42 Å². The summed E-state index contributed by atoms with van der Waals surface area (Å²) >= 11 is 0. The molecule has 0 bridgehead atoms. The first-order chi connectivity index (χ1) is 9.42. The minimum Gasteiger partial charge on any atom is -0.481 e. The van der Waals surface area contributed by atoms with Crippen LogP contribution in [-0.2, 0) is 4.79 Å². The molecular formula is C15H18FNO3. The third kappa shape index (κ3) is 3.15. The zero-order chi connectivity index (χ0) is 14.8. The molecule has 20 heavy (non-hydrogen) atoms. The summed E-state index contributed by atoms with van der Waals surface area (Å²) in [7, 11) is 0. The van der Waals surface area contributed by atoms with Crippen LogP contribution in [0.1, 0.15) is 41.6 Å². The molecule has 1 saturated carbocycles. The van der Waals surface area contributed by atoms with Crippen molar-refractivity contribution in [3.8, 4) is 0 Å². The van der Waals surface area contributed by atoms with E-state index in [0.29, 0.717) is 17.7 Å². The standard InChI is InChI=1S/C15H18FNO3/c1-10-7-11(3-4-12(10)16)14(20)17-9-15(5-2-6-15)8-13(18)19/h3-4,7H,2,5-6,8-9H2,1H3,(H,17,20)(H,18,19). The second-order valence-corrected chi connectivity index (χ2v) is 5.57. The third-order valence-corrected chi connectivity index (χ3v) is 3.98. The van der Waals surface area contributed by atoms with E-state index in [9.17, 15) is 14.0 Å². The highest BCUT2D eigenvalue weighted by Crippen LogP contribution is 2.43. The molecule has 1 aliphatic carbocycles.